The maximum absolute atomic E-state index is 6.63. The van der Waals surface area contributed by atoms with Crippen molar-refractivity contribution in [3.63, 3.8) is 0 Å². The van der Waals surface area contributed by atoms with Crippen molar-refractivity contribution >= 4 is 32.7 Å². The summed E-state index contributed by atoms with van der Waals surface area (Å²) < 4.78 is 8.72. The van der Waals surface area contributed by atoms with Crippen molar-refractivity contribution in [2.45, 2.75) is 6.92 Å². The third kappa shape index (κ3) is 2.74. The second-order valence-electron chi connectivity index (χ2n) is 8.05. The van der Waals surface area contributed by atoms with Crippen LogP contribution in [-0.2, 0) is 7.05 Å². The van der Waals surface area contributed by atoms with E-state index in [0.717, 1.165) is 44.3 Å². The highest BCUT2D eigenvalue weighted by atomic mass is 16.3. The van der Waals surface area contributed by atoms with Crippen molar-refractivity contribution in [2.75, 3.05) is 0 Å². The molecular formula is C28H21N2O+. The van der Waals surface area contributed by atoms with Gasteiger partial charge in [-0.3, -0.25) is 4.98 Å². The molecule has 6 aromatic rings. The number of nitrogens with zero attached hydrogens (tertiary/aromatic N) is 2. The summed E-state index contributed by atoms with van der Waals surface area (Å²) in [5.41, 5.74) is 7.40. The first kappa shape index (κ1) is 17.8. The first-order valence-corrected chi connectivity index (χ1v) is 10.4. The van der Waals surface area contributed by atoms with Crippen LogP contribution in [0, 0.1) is 6.92 Å². The topological polar surface area (TPSA) is 29.9 Å². The molecule has 2 heterocycles. The van der Waals surface area contributed by atoms with Crippen LogP contribution in [0.1, 0.15) is 5.56 Å². The average molecular weight is 401 g/mol. The average Bonchev–Trinajstić information content (AvgIpc) is 3.18. The van der Waals surface area contributed by atoms with Gasteiger partial charge in [-0.25, -0.2) is 0 Å². The Morgan fingerprint density at radius 1 is 0.806 bits per heavy atom. The molecule has 0 N–H and O–H groups in total. The van der Waals surface area contributed by atoms with Gasteiger partial charge in [0.1, 0.15) is 18.2 Å². The number of para-hydroxylation sites is 1. The lowest BCUT2D eigenvalue weighted by atomic mass is 9.98. The second-order valence-corrected chi connectivity index (χ2v) is 8.05. The number of hydrogen-bond acceptors (Lipinski definition) is 2. The van der Waals surface area contributed by atoms with Crippen LogP contribution in [0.25, 0.3) is 55.1 Å². The number of benzene rings is 4. The number of aromatic nitrogens is 2. The van der Waals surface area contributed by atoms with Gasteiger partial charge in [-0.2, -0.15) is 4.57 Å². The number of rotatable bonds is 2. The van der Waals surface area contributed by atoms with Gasteiger partial charge in [0.05, 0.1) is 18.0 Å². The number of hydrogen-bond donors (Lipinski definition) is 0. The van der Waals surface area contributed by atoms with Crippen LogP contribution in [0.15, 0.2) is 95.8 Å². The summed E-state index contributed by atoms with van der Waals surface area (Å²) in [7, 11) is 2.04. The van der Waals surface area contributed by atoms with Crippen LogP contribution >= 0.6 is 0 Å². The van der Waals surface area contributed by atoms with E-state index < -0.39 is 0 Å². The van der Waals surface area contributed by atoms with Crippen LogP contribution in [-0.4, -0.2) is 4.98 Å². The molecule has 0 radical (unpaired) electrons. The van der Waals surface area contributed by atoms with Crippen molar-refractivity contribution < 1.29 is 8.98 Å². The van der Waals surface area contributed by atoms with E-state index in [1.807, 2.05) is 19.4 Å². The van der Waals surface area contributed by atoms with E-state index in [2.05, 4.69) is 89.3 Å². The Bertz CT molecular complexity index is 1610. The molecular weight excluding hydrogens is 380 g/mol. The molecule has 0 spiro atoms. The summed E-state index contributed by atoms with van der Waals surface area (Å²) in [4.78, 5) is 4.36. The van der Waals surface area contributed by atoms with Gasteiger partial charge >= 0.3 is 0 Å². The molecule has 3 heteroatoms. The normalized spacial score (nSPS) is 11.5. The molecule has 2 aromatic heterocycles. The molecule has 4 aromatic carbocycles. The fraction of sp³-hybridized carbons (Fsp3) is 0.0714. The molecule has 0 aliphatic heterocycles. The zero-order valence-electron chi connectivity index (χ0n) is 17.5. The van der Waals surface area contributed by atoms with Crippen molar-refractivity contribution in [3.8, 4) is 22.4 Å². The van der Waals surface area contributed by atoms with Crippen molar-refractivity contribution in [1.82, 2.24) is 4.98 Å². The third-order valence-electron chi connectivity index (χ3n) is 6.15. The van der Waals surface area contributed by atoms with Gasteiger partial charge in [0.25, 0.3) is 0 Å². The van der Waals surface area contributed by atoms with Crippen LogP contribution < -0.4 is 4.57 Å². The van der Waals surface area contributed by atoms with E-state index in [9.17, 15) is 0 Å². The molecule has 0 aliphatic carbocycles. The maximum atomic E-state index is 6.63. The summed E-state index contributed by atoms with van der Waals surface area (Å²) in [5.74, 6) is 0. The lowest BCUT2D eigenvalue weighted by Gasteiger charge is -2.05. The second kappa shape index (κ2) is 6.78. The molecule has 0 unspecified atom stereocenters. The number of furan rings is 1. The minimum Gasteiger partial charge on any atom is -0.454 e. The molecule has 0 atom stereocenters. The van der Waals surface area contributed by atoms with Gasteiger partial charge < -0.3 is 4.42 Å². The number of aryl methyl sites for hydroxylation is 2. The van der Waals surface area contributed by atoms with E-state index in [-0.39, 0.29) is 0 Å². The van der Waals surface area contributed by atoms with Gasteiger partial charge in [0.15, 0.2) is 6.20 Å². The minimum absolute atomic E-state index is 0.909. The lowest BCUT2D eigenvalue weighted by Crippen LogP contribution is -2.30. The largest absolute Gasteiger partial charge is 0.454 e. The zero-order valence-corrected chi connectivity index (χ0v) is 17.5. The quantitative estimate of drug-likeness (QED) is 0.306. The summed E-state index contributed by atoms with van der Waals surface area (Å²) in [6, 6.07) is 25.8. The predicted molar refractivity (Wildman–Crippen MR) is 126 cm³/mol. The lowest BCUT2D eigenvalue weighted by molar-refractivity contribution is -0.660. The smallest absolute Gasteiger partial charge is 0.234 e. The highest BCUT2D eigenvalue weighted by molar-refractivity contribution is 6.13. The molecule has 0 saturated carbocycles. The predicted octanol–water partition coefficient (Wildman–Crippen LogP) is 6.60. The van der Waals surface area contributed by atoms with Crippen LogP contribution in [0.2, 0.25) is 0 Å². The molecule has 0 fully saturated rings. The van der Waals surface area contributed by atoms with Gasteiger partial charge in [0.2, 0.25) is 5.69 Å². The van der Waals surface area contributed by atoms with Gasteiger partial charge in [-0.05, 0) is 34.9 Å². The summed E-state index contributed by atoms with van der Waals surface area (Å²) in [6.07, 6.45) is 5.67. The summed E-state index contributed by atoms with van der Waals surface area (Å²) in [5, 5.41) is 4.73. The molecule has 0 saturated heterocycles. The van der Waals surface area contributed by atoms with E-state index in [0.29, 0.717) is 0 Å². The highest BCUT2D eigenvalue weighted by Gasteiger charge is 2.21. The van der Waals surface area contributed by atoms with Crippen LogP contribution in [0.5, 0.6) is 0 Å². The van der Waals surface area contributed by atoms with E-state index in [1.54, 1.807) is 6.20 Å². The molecule has 0 aliphatic rings. The van der Waals surface area contributed by atoms with Crippen LogP contribution in [0.3, 0.4) is 0 Å². The summed E-state index contributed by atoms with van der Waals surface area (Å²) in [6.45, 7) is 2.12. The fourth-order valence-electron chi connectivity index (χ4n) is 4.53. The summed E-state index contributed by atoms with van der Waals surface area (Å²) >= 11 is 0. The molecule has 148 valence electrons. The fourth-order valence-corrected chi connectivity index (χ4v) is 4.53. The molecule has 31 heavy (non-hydrogen) atoms. The monoisotopic (exact) mass is 401 g/mol. The maximum Gasteiger partial charge on any atom is 0.234 e. The number of fused-ring (bicyclic) bond motifs is 4. The Hall–Kier alpha value is -3.98. The third-order valence-corrected chi connectivity index (χ3v) is 6.15. The Labute approximate surface area is 180 Å². The highest BCUT2D eigenvalue weighted by Crippen LogP contribution is 2.40. The molecule has 0 amide bonds. The standard InChI is InChI=1S/C28H21N2O/c1-18-10-13-24-23-9-5-8-22(21-12-11-19-6-3-4-7-20(19)16-21)27(23)31-28(24)26(18)25-17-29-14-15-30(25)2/h3-17H,1-2H3/q+1. The zero-order chi connectivity index (χ0) is 20.9. The van der Waals surface area contributed by atoms with Crippen molar-refractivity contribution in [1.29, 1.82) is 0 Å². The van der Waals surface area contributed by atoms with E-state index in [4.69, 9.17) is 4.42 Å². The Morgan fingerprint density at radius 3 is 2.52 bits per heavy atom. The van der Waals surface area contributed by atoms with E-state index in [1.165, 1.54) is 16.3 Å². The first-order valence-electron chi connectivity index (χ1n) is 10.4. The molecule has 0 bridgehead atoms. The molecule has 3 nitrogen and oxygen atoms in total. The SMILES string of the molecule is Cc1ccc2c(oc3c(-c4ccc5ccccc5c4)cccc32)c1-c1cncc[n+]1C. The minimum atomic E-state index is 0.909. The Morgan fingerprint density at radius 2 is 1.65 bits per heavy atom. The first-order chi connectivity index (χ1) is 15.2. The Balaban J connectivity index is 1.67. The molecule has 6 rings (SSSR count). The van der Waals surface area contributed by atoms with Gasteiger partial charge in [-0.15, -0.1) is 0 Å². The van der Waals surface area contributed by atoms with E-state index >= 15 is 0 Å². The van der Waals surface area contributed by atoms with Crippen molar-refractivity contribution in [2.24, 2.45) is 7.05 Å². The Kier molecular flexibility index (Phi) is 3.90. The van der Waals surface area contributed by atoms with Gasteiger partial charge in [0, 0.05) is 16.3 Å². The van der Waals surface area contributed by atoms with Gasteiger partial charge in [-0.1, -0.05) is 66.7 Å². The van der Waals surface area contributed by atoms with Crippen molar-refractivity contribution in [3.05, 3.63) is 97.0 Å². The van der Waals surface area contributed by atoms with Crippen LogP contribution in [0.4, 0.5) is 0 Å².